The second-order valence-corrected chi connectivity index (χ2v) is 10.0. The number of amides is 1. The number of aromatic nitrogens is 3. The first-order valence-electron chi connectivity index (χ1n) is 9.14. The molecule has 1 aromatic carbocycles. The molecule has 7 nitrogen and oxygen atoms in total. The molecule has 0 aliphatic heterocycles. The van der Waals surface area contributed by atoms with Crippen LogP contribution in [-0.2, 0) is 17.8 Å². The molecule has 2 aromatic heterocycles. The van der Waals surface area contributed by atoms with Gasteiger partial charge in [0.2, 0.25) is 0 Å². The second-order valence-electron chi connectivity index (χ2n) is 7.96. The summed E-state index contributed by atoms with van der Waals surface area (Å²) in [4.78, 5) is 25.0. The lowest BCUT2D eigenvalue weighted by Gasteiger charge is -2.31. The number of hydrogen-bond acceptors (Lipinski definition) is 5. The van der Waals surface area contributed by atoms with E-state index < -0.39 is 17.6 Å². The molecular weight excluding hydrogens is 475 g/mol. The number of nitrogens with two attached hydrogens (primary N) is 1. The molecule has 2 N–H and O–H groups in total. The monoisotopic (exact) mass is 496 g/mol. The number of thiophene rings is 1. The van der Waals surface area contributed by atoms with E-state index in [2.05, 4.69) is 21.0 Å². The van der Waals surface area contributed by atoms with E-state index in [0.717, 1.165) is 24.1 Å². The number of halogens is 2. The highest BCUT2D eigenvalue weighted by molar-refractivity contribution is 9.10. The van der Waals surface area contributed by atoms with E-state index in [-0.39, 0.29) is 17.8 Å². The van der Waals surface area contributed by atoms with Gasteiger partial charge in [-0.3, -0.25) is 4.57 Å². The molecule has 0 saturated heterocycles. The fourth-order valence-corrected chi connectivity index (χ4v) is 4.60. The summed E-state index contributed by atoms with van der Waals surface area (Å²) in [6.07, 6.45) is -0.185. The van der Waals surface area contributed by atoms with Crippen molar-refractivity contribution >= 4 is 43.4 Å². The molecule has 30 heavy (non-hydrogen) atoms. The standard InChI is InChI=1S/C20H22BrFN4O3S/c1-20(2,3)17(29-18(23)27)13(8-22)9-26-19(28)25(11-24-26)10-15-7-12-6-14(21)4-5-16(12)30-15/h4-8,11,17H,9-10H2,1-3H3,(H2,23,27). The third-order valence-electron chi connectivity index (χ3n) is 4.48. The van der Waals surface area contributed by atoms with E-state index in [1.165, 1.54) is 10.9 Å². The van der Waals surface area contributed by atoms with Crippen LogP contribution in [-0.4, -0.2) is 26.5 Å². The first-order chi connectivity index (χ1) is 14.1. The number of carbonyl (C=O) groups is 1. The van der Waals surface area contributed by atoms with Crippen LogP contribution in [0.4, 0.5) is 9.18 Å². The van der Waals surface area contributed by atoms with Crippen molar-refractivity contribution in [1.82, 2.24) is 14.3 Å². The van der Waals surface area contributed by atoms with Gasteiger partial charge >= 0.3 is 11.8 Å². The molecule has 0 fully saturated rings. The Bertz CT molecular complexity index is 1160. The van der Waals surface area contributed by atoms with Crippen LogP contribution in [0, 0.1) is 5.41 Å². The van der Waals surface area contributed by atoms with Gasteiger partial charge in [0.15, 0.2) is 0 Å². The Hall–Kier alpha value is -2.46. The van der Waals surface area contributed by atoms with Crippen LogP contribution in [0.25, 0.3) is 10.1 Å². The fraction of sp³-hybridized carbons (Fsp3) is 0.350. The molecule has 2 heterocycles. The van der Waals surface area contributed by atoms with E-state index in [1.807, 2.05) is 24.3 Å². The normalized spacial score (nSPS) is 13.6. The number of rotatable bonds is 6. The van der Waals surface area contributed by atoms with Crippen LogP contribution in [0.1, 0.15) is 25.6 Å². The average molecular weight is 497 g/mol. The van der Waals surface area contributed by atoms with Crippen LogP contribution in [0.5, 0.6) is 0 Å². The highest BCUT2D eigenvalue weighted by Crippen LogP contribution is 2.30. The Morgan fingerprint density at radius 2 is 2.13 bits per heavy atom. The zero-order chi connectivity index (χ0) is 22.1. The lowest BCUT2D eigenvalue weighted by atomic mass is 9.84. The summed E-state index contributed by atoms with van der Waals surface area (Å²) in [5.74, 6) is 0. The Morgan fingerprint density at radius 3 is 2.77 bits per heavy atom. The van der Waals surface area contributed by atoms with Gasteiger partial charge in [0.25, 0.3) is 0 Å². The highest BCUT2D eigenvalue weighted by atomic mass is 79.9. The number of hydrogen-bond donors (Lipinski definition) is 1. The lowest BCUT2D eigenvalue weighted by Crippen LogP contribution is -2.38. The molecule has 3 rings (SSSR count). The van der Waals surface area contributed by atoms with Crippen molar-refractivity contribution in [3.8, 4) is 0 Å². The van der Waals surface area contributed by atoms with Gasteiger partial charge in [-0.05, 0) is 29.7 Å². The summed E-state index contributed by atoms with van der Waals surface area (Å²) in [7, 11) is 0. The molecule has 160 valence electrons. The number of fused-ring (bicyclic) bond motifs is 1. The van der Waals surface area contributed by atoms with Crippen molar-refractivity contribution in [1.29, 1.82) is 0 Å². The van der Waals surface area contributed by atoms with Crippen molar-refractivity contribution in [2.75, 3.05) is 0 Å². The minimum absolute atomic E-state index is 0.0976. The van der Waals surface area contributed by atoms with E-state index in [1.54, 1.807) is 32.1 Å². The first-order valence-corrected chi connectivity index (χ1v) is 10.7. The maximum Gasteiger partial charge on any atom is 0.405 e. The van der Waals surface area contributed by atoms with Crippen molar-refractivity contribution in [3.63, 3.8) is 0 Å². The molecular formula is C20H22BrFN4O3S. The smallest absolute Gasteiger partial charge is 0.405 e. The minimum Gasteiger partial charge on any atom is -0.441 e. The summed E-state index contributed by atoms with van der Waals surface area (Å²) in [5, 5.41) is 5.18. The summed E-state index contributed by atoms with van der Waals surface area (Å²) < 4.78 is 23.5. The van der Waals surface area contributed by atoms with Crippen LogP contribution >= 0.6 is 27.3 Å². The van der Waals surface area contributed by atoms with Crippen LogP contribution in [0.3, 0.4) is 0 Å². The van der Waals surface area contributed by atoms with Gasteiger partial charge in [0.1, 0.15) is 12.4 Å². The maximum atomic E-state index is 13.7. The summed E-state index contributed by atoms with van der Waals surface area (Å²) >= 11 is 5.05. The van der Waals surface area contributed by atoms with Crippen molar-refractivity contribution in [2.24, 2.45) is 11.1 Å². The van der Waals surface area contributed by atoms with Gasteiger partial charge < -0.3 is 10.5 Å². The second kappa shape index (κ2) is 8.73. The van der Waals surface area contributed by atoms with Crippen molar-refractivity contribution < 1.29 is 13.9 Å². The highest BCUT2D eigenvalue weighted by Gasteiger charge is 2.32. The van der Waals surface area contributed by atoms with Gasteiger partial charge in [0.05, 0.1) is 19.4 Å². The molecule has 1 unspecified atom stereocenters. The summed E-state index contributed by atoms with van der Waals surface area (Å²) in [5.41, 5.74) is 4.22. The van der Waals surface area contributed by atoms with Crippen LogP contribution in [0.15, 0.2) is 51.8 Å². The number of nitrogens with zero attached hydrogens (tertiary/aromatic N) is 3. The molecule has 0 aliphatic rings. The molecule has 0 bridgehead atoms. The lowest BCUT2D eigenvalue weighted by molar-refractivity contribution is 0.0566. The zero-order valence-corrected chi connectivity index (χ0v) is 19.2. The van der Waals surface area contributed by atoms with Gasteiger partial charge in [-0.25, -0.2) is 18.7 Å². The quantitative estimate of drug-likeness (QED) is 0.546. The largest absolute Gasteiger partial charge is 0.441 e. The molecule has 0 aliphatic carbocycles. The van der Waals surface area contributed by atoms with Gasteiger partial charge in [0, 0.05) is 25.0 Å². The Labute approximate surface area is 185 Å². The summed E-state index contributed by atoms with van der Waals surface area (Å²) in [6, 6.07) is 8.03. The molecule has 0 radical (unpaired) electrons. The minimum atomic E-state index is -1.01. The molecule has 3 aromatic rings. The topological polar surface area (TPSA) is 92.1 Å². The number of carbonyl (C=O) groups excluding carboxylic acids is 1. The third-order valence-corrected chi connectivity index (χ3v) is 6.08. The third kappa shape index (κ3) is 4.99. The number of primary amides is 1. The van der Waals surface area contributed by atoms with Crippen molar-refractivity contribution in [2.45, 2.75) is 40.0 Å². The van der Waals surface area contributed by atoms with E-state index >= 15 is 0 Å². The summed E-state index contributed by atoms with van der Waals surface area (Å²) in [6.45, 7) is 5.55. The van der Waals surface area contributed by atoms with Gasteiger partial charge in [-0.1, -0.05) is 36.7 Å². The maximum absolute atomic E-state index is 13.7. The molecule has 0 saturated carbocycles. The fourth-order valence-electron chi connectivity index (χ4n) is 3.18. The van der Waals surface area contributed by atoms with Crippen molar-refractivity contribution in [3.05, 3.63) is 62.3 Å². The van der Waals surface area contributed by atoms with Crippen LogP contribution in [0.2, 0.25) is 0 Å². The molecule has 0 spiro atoms. The SMILES string of the molecule is CC(C)(C)C(OC(N)=O)C(=CF)Cn1ncn(Cc2cc3cc(Br)ccc3s2)c1=O. The first kappa shape index (κ1) is 22.2. The Kier molecular flexibility index (Phi) is 6.47. The Balaban J connectivity index is 1.82. The van der Waals surface area contributed by atoms with E-state index in [0.29, 0.717) is 12.9 Å². The number of benzene rings is 1. The zero-order valence-electron chi connectivity index (χ0n) is 16.8. The molecule has 10 heteroatoms. The molecule has 1 amide bonds. The molecule has 1 atom stereocenters. The van der Waals surface area contributed by atoms with Crippen LogP contribution < -0.4 is 11.4 Å². The van der Waals surface area contributed by atoms with Gasteiger partial charge in [-0.15, -0.1) is 11.3 Å². The number of ether oxygens (including phenoxy) is 1. The predicted molar refractivity (Wildman–Crippen MR) is 118 cm³/mol. The van der Waals surface area contributed by atoms with Gasteiger partial charge in [-0.2, -0.15) is 5.10 Å². The average Bonchev–Trinajstić information content (AvgIpc) is 3.20. The predicted octanol–water partition coefficient (Wildman–Crippen LogP) is 4.43. The Morgan fingerprint density at radius 1 is 1.40 bits per heavy atom. The van der Waals surface area contributed by atoms with E-state index in [4.69, 9.17) is 10.5 Å². The van der Waals surface area contributed by atoms with E-state index in [9.17, 15) is 14.0 Å².